The van der Waals surface area contributed by atoms with Gasteiger partial charge < -0.3 is 14.2 Å². The number of hydrogen-bond acceptors (Lipinski definition) is 5. The Labute approximate surface area is 350 Å². The Morgan fingerprint density at radius 1 is 0.482 bits per heavy atom. The average Bonchev–Trinajstić information content (AvgIpc) is 3.21. The summed E-state index contributed by atoms with van der Waals surface area (Å²) in [6, 6.07) is 12.3. The Kier molecular flexibility index (Phi) is 31.7. The summed E-state index contributed by atoms with van der Waals surface area (Å²) in [7, 11) is 0. The van der Waals surface area contributed by atoms with E-state index in [-0.39, 0.29) is 5.78 Å². The quantitative estimate of drug-likeness (QED) is 0.0292. The Morgan fingerprint density at radius 2 is 0.857 bits per heavy atom. The van der Waals surface area contributed by atoms with E-state index in [0.29, 0.717) is 42.6 Å². The maximum atomic E-state index is 13.5. The van der Waals surface area contributed by atoms with Crippen LogP contribution in [0.2, 0.25) is 0 Å². The van der Waals surface area contributed by atoms with Crippen molar-refractivity contribution in [2.75, 3.05) is 25.6 Å². The molecule has 0 aromatic heterocycles. The van der Waals surface area contributed by atoms with E-state index in [1.54, 1.807) is 6.08 Å². The van der Waals surface area contributed by atoms with Gasteiger partial charge in [-0.05, 0) is 67.3 Å². The first-order valence-corrected chi connectivity index (χ1v) is 24.6. The second kappa shape index (κ2) is 35.7. The number of ether oxygens (including phenoxy) is 3. The van der Waals surface area contributed by atoms with Gasteiger partial charge in [-0.15, -0.1) is 11.8 Å². The number of ketones is 1. The molecule has 0 saturated carbocycles. The van der Waals surface area contributed by atoms with Crippen molar-refractivity contribution in [1.29, 1.82) is 0 Å². The molecule has 2 aromatic rings. The minimum Gasteiger partial charge on any atom is -0.490 e. The SMILES string of the molecule is CCCCCCCCCCCCCCCCCCCCCSc1ccc(C=CC(=O)c2cc(OCCCCC)c(OCCCCC)c(OCCCCC)c2)cc1. The van der Waals surface area contributed by atoms with E-state index in [0.717, 1.165) is 69.1 Å². The molecule has 2 rings (SSSR count). The highest BCUT2D eigenvalue weighted by molar-refractivity contribution is 7.99. The van der Waals surface area contributed by atoms with E-state index in [4.69, 9.17) is 14.2 Å². The number of carbonyl (C=O) groups excluding carboxylic acids is 1. The topological polar surface area (TPSA) is 44.8 Å². The lowest BCUT2D eigenvalue weighted by molar-refractivity contribution is 0.104. The molecule has 0 aliphatic rings. The molecule has 4 nitrogen and oxygen atoms in total. The number of benzene rings is 2. The first-order chi connectivity index (χ1) is 27.6. The van der Waals surface area contributed by atoms with Crippen molar-refractivity contribution < 1.29 is 19.0 Å². The average molecular weight is 793 g/mol. The van der Waals surface area contributed by atoms with Gasteiger partial charge >= 0.3 is 0 Å². The summed E-state index contributed by atoms with van der Waals surface area (Å²) in [6.45, 7) is 10.6. The predicted octanol–water partition coefficient (Wildman–Crippen LogP) is 16.8. The third-order valence-electron chi connectivity index (χ3n) is 10.6. The highest BCUT2D eigenvalue weighted by Gasteiger charge is 2.18. The highest BCUT2D eigenvalue weighted by atomic mass is 32.2. The third-order valence-corrected chi connectivity index (χ3v) is 11.7. The second-order valence-electron chi connectivity index (χ2n) is 15.9. The summed E-state index contributed by atoms with van der Waals surface area (Å²) in [5.74, 6) is 2.93. The van der Waals surface area contributed by atoms with E-state index in [1.165, 1.54) is 127 Å². The van der Waals surface area contributed by atoms with Crippen LogP contribution >= 0.6 is 11.8 Å². The molecule has 0 heterocycles. The lowest BCUT2D eigenvalue weighted by Crippen LogP contribution is -2.08. The van der Waals surface area contributed by atoms with Crippen LogP contribution < -0.4 is 14.2 Å². The van der Waals surface area contributed by atoms with E-state index in [1.807, 2.05) is 30.0 Å². The summed E-state index contributed by atoms with van der Waals surface area (Å²) >= 11 is 1.94. The first kappa shape index (κ1) is 49.7. The minimum atomic E-state index is -0.0675. The van der Waals surface area contributed by atoms with E-state index < -0.39 is 0 Å². The van der Waals surface area contributed by atoms with E-state index in [2.05, 4.69) is 52.0 Å². The van der Waals surface area contributed by atoms with Gasteiger partial charge in [-0.1, -0.05) is 200 Å². The Hall–Kier alpha value is -2.40. The number of hydrogen-bond donors (Lipinski definition) is 0. The van der Waals surface area contributed by atoms with Crippen LogP contribution in [0.25, 0.3) is 6.08 Å². The van der Waals surface area contributed by atoms with Crippen LogP contribution in [-0.4, -0.2) is 31.4 Å². The Morgan fingerprint density at radius 3 is 1.29 bits per heavy atom. The molecule has 0 bridgehead atoms. The maximum Gasteiger partial charge on any atom is 0.203 e. The molecule has 0 amide bonds. The zero-order chi connectivity index (χ0) is 40.2. The van der Waals surface area contributed by atoms with Gasteiger partial charge in [-0.3, -0.25) is 4.79 Å². The van der Waals surface area contributed by atoms with Gasteiger partial charge in [0.1, 0.15) is 0 Å². The van der Waals surface area contributed by atoms with E-state index in [9.17, 15) is 4.79 Å². The summed E-state index contributed by atoms with van der Waals surface area (Å²) in [6.07, 6.45) is 40.1. The summed E-state index contributed by atoms with van der Waals surface area (Å²) < 4.78 is 18.8. The lowest BCUT2D eigenvalue weighted by Gasteiger charge is -2.18. The largest absolute Gasteiger partial charge is 0.490 e. The minimum absolute atomic E-state index is 0.0675. The van der Waals surface area contributed by atoms with Gasteiger partial charge in [0.25, 0.3) is 0 Å². The van der Waals surface area contributed by atoms with Gasteiger partial charge in [0.2, 0.25) is 5.75 Å². The first-order valence-electron chi connectivity index (χ1n) is 23.6. The molecule has 5 heteroatoms. The van der Waals surface area contributed by atoms with Crippen molar-refractivity contribution in [2.45, 2.75) is 212 Å². The zero-order valence-corrected chi connectivity index (χ0v) is 37.6. The number of allylic oxidation sites excluding steroid dienone is 1. The monoisotopic (exact) mass is 793 g/mol. The highest BCUT2D eigenvalue weighted by Crippen LogP contribution is 2.40. The van der Waals surface area contributed by atoms with Gasteiger partial charge in [0, 0.05) is 10.5 Å². The van der Waals surface area contributed by atoms with Crippen molar-refractivity contribution in [3.63, 3.8) is 0 Å². The molecule has 2 aromatic carbocycles. The second-order valence-corrected chi connectivity index (χ2v) is 17.1. The van der Waals surface area contributed by atoms with Crippen LogP contribution in [0.3, 0.4) is 0 Å². The molecule has 318 valence electrons. The molecule has 0 radical (unpaired) electrons. The Balaban J connectivity index is 1.72. The molecule has 0 saturated heterocycles. The lowest BCUT2D eigenvalue weighted by atomic mass is 10.0. The van der Waals surface area contributed by atoms with Crippen molar-refractivity contribution >= 4 is 23.6 Å². The molecule has 0 aliphatic carbocycles. The molecule has 0 fully saturated rings. The summed E-state index contributed by atoms with van der Waals surface area (Å²) in [4.78, 5) is 14.8. The molecule has 0 aliphatic heterocycles. The summed E-state index contributed by atoms with van der Waals surface area (Å²) in [5.41, 5.74) is 1.58. The van der Waals surface area contributed by atoms with Crippen molar-refractivity contribution in [1.82, 2.24) is 0 Å². The smallest absolute Gasteiger partial charge is 0.203 e. The van der Waals surface area contributed by atoms with Crippen LogP contribution in [0.4, 0.5) is 0 Å². The molecule has 0 N–H and O–H groups in total. The number of rotatable bonds is 39. The molecule has 0 unspecified atom stereocenters. The molecular weight excluding hydrogens is 709 g/mol. The fourth-order valence-electron chi connectivity index (χ4n) is 6.98. The number of carbonyl (C=O) groups is 1. The third kappa shape index (κ3) is 25.1. The van der Waals surface area contributed by atoms with Crippen LogP contribution in [0.5, 0.6) is 17.2 Å². The molecule has 0 atom stereocenters. The van der Waals surface area contributed by atoms with Crippen LogP contribution in [0, 0.1) is 0 Å². The van der Waals surface area contributed by atoms with Crippen LogP contribution in [0.15, 0.2) is 47.4 Å². The van der Waals surface area contributed by atoms with Crippen LogP contribution in [0.1, 0.15) is 223 Å². The van der Waals surface area contributed by atoms with Crippen molar-refractivity contribution in [2.24, 2.45) is 0 Å². The van der Waals surface area contributed by atoms with Gasteiger partial charge in [0.15, 0.2) is 17.3 Å². The summed E-state index contributed by atoms with van der Waals surface area (Å²) in [5, 5.41) is 0. The van der Waals surface area contributed by atoms with Crippen LogP contribution in [-0.2, 0) is 0 Å². The van der Waals surface area contributed by atoms with Gasteiger partial charge in [0.05, 0.1) is 19.8 Å². The predicted molar refractivity (Wildman–Crippen MR) is 245 cm³/mol. The molecule has 0 spiro atoms. The standard InChI is InChI=1S/C51H84O4S/c1-5-9-13-14-15-16-17-18-19-20-21-22-23-24-25-26-27-28-32-42-56-47-36-33-45(34-37-47)35-38-48(52)46-43-49(53-39-29-10-6-2)51(55-41-31-12-8-4)50(44-46)54-40-30-11-7-3/h33-38,43-44H,5-32,39-42H2,1-4H3. The van der Waals surface area contributed by atoms with E-state index >= 15 is 0 Å². The number of unbranched alkanes of at least 4 members (excludes halogenated alkanes) is 24. The molecular formula is C51H84O4S. The normalized spacial score (nSPS) is 11.4. The van der Waals surface area contributed by atoms with Gasteiger partial charge in [-0.2, -0.15) is 0 Å². The maximum absolute atomic E-state index is 13.5. The number of thioether (sulfide) groups is 1. The fraction of sp³-hybridized carbons (Fsp3) is 0.706. The van der Waals surface area contributed by atoms with Gasteiger partial charge in [-0.25, -0.2) is 0 Å². The fourth-order valence-corrected chi connectivity index (χ4v) is 7.90. The zero-order valence-electron chi connectivity index (χ0n) is 36.8. The Bertz CT molecular complexity index is 1210. The van der Waals surface area contributed by atoms with Crippen molar-refractivity contribution in [3.05, 3.63) is 53.6 Å². The molecule has 56 heavy (non-hydrogen) atoms. The van der Waals surface area contributed by atoms with Crippen molar-refractivity contribution in [3.8, 4) is 17.2 Å².